The number of nitrogens with one attached hydrogen (secondary N) is 3. The molecule has 3 amide bonds. The molecule has 1 aromatic heterocycles. The highest BCUT2D eigenvalue weighted by Gasteiger charge is 2.50. The van der Waals surface area contributed by atoms with Gasteiger partial charge in [0, 0.05) is 29.9 Å². The molecular weight excluding hydrogens is 436 g/mol. The number of benzene rings is 1. The van der Waals surface area contributed by atoms with Crippen molar-refractivity contribution in [3.05, 3.63) is 30.0 Å². The minimum atomic E-state index is -0.754. The van der Waals surface area contributed by atoms with Crippen LogP contribution >= 0.6 is 0 Å². The van der Waals surface area contributed by atoms with Gasteiger partial charge in [-0.15, -0.1) is 0 Å². The molecule has 3 aliphatic rings. The molecule has 34 heavy (non-hydrogen) atoms. The fourth-order valence-electron chi connectivity index (χ4n) is 6.02. The Bertz CT molecular complexity index is 1130. The molecule has 2 saturated heterocycles. The number of likely N-dealkylation sites (tertiary alicyclic amines) is 1. The second kappa shape index (κ2) is 9.12. The third-order valence-corrected chi connectivity index (χ3v) is 7.69. The summed E-state index contributed by atoms with van der Waals surface area (Å²) in [5, 5.41) is 6.41. The maximum absolute atomic E-state index is 13.6. The molecule has 5 atom stereocenters. The maximum atomic E-state index is 13.6. The number of nitrogens with zero attached hydrogens (tertiary/aromatic N) is 1. The standard InChI is InChI=1S/C25H30N4O5/c1-34-21-7-3-6-19-18(21)11-20(28-19)25(33)29-12-15-4-2-5-17(15)22(29)24(32)27-16(13-30)10-14-8-9-26-23(14)31/h3,6-7,11,13-17,22,28H,2,4-5,8-10,12H2,1H3,(H,26,31)(H,27,32)/t14-,15-,16?,17-,22-/m0/s1. The van der Waals surface area contributed by atoms with Crippen LogP contribution in [0.1, 0.15) is 42.6 Å². The van der Waals surface area contributed by atoms with Gasteiger partial charge in [-0.2, -0.15) is 0 Å². The van der Waals surface area contributed by atoms with E-state index in [1.54, 1.807) is 18.1 Å². The monoisotopic (exact) mass is 466 g/mol. The zero-order chi connectivity index (χ0) is 23.8. The van der Waals surface area contributed by atoms with Crippen molar-refractivity contribution in [1.82, 2.24) is 20.5 Å². The topological polar surface area (TPSA) is 121 Å². The molecule has 0 bridgehead atoms. The first kappa shape index (κ1) is 22.4. The van der Waals surface area contributed by atoms with Gasteiger partial charge in [-0.3, -0.25) is 14.4 Å². The van der Waals surface area contributed by atoms with E-state index in [4.69, 9.17) is 4.74 Å². The van der Waals surface area contributed by atoms with E-state index in [1.165, 1.54) is 0 Å². The predicted molar refractivity (Wildman–Crippen MR) is 124 cm³/mol. The van der Waals surface area contributed by atoms with E-state index < -0.39 is 12.1 Å². The molecule has 5 rings (SSSR count). The van der Waals surface area contributed by atoms with Crippen molar-refractivity contribution in [2.24, 2.45) is 17.8 Å². The lowest BCUT2D eigenvalue weighted by Crippen LogP contribution is -2.52. The van der Waals surface area contributed by atoms with Crippen molar-refractivity contribution in [2.45, 2.75) is 44.2 Å². The number of carbonyl (C=O) groups is 4. The van der Waals surface area contributed by atoms with E-state index >= 15 is 0 Å². The minimum absolute atomic E-state index is 0.0740. The lowest BCUT2D eigenvalue weighted by Gasteiger charge is -2.28. The Balaban J connectivity index is 1.37. The Morgan fingerprint density at radius 2 is 2.15 bits per heavy atom. The zero-order valence-electron chi connectivity index (χ0n) is 19.2. The van der Waals surface area contributed by atoms with Gasteiger partial charge < -0.3 is 30.0 Å². The number of H-pyrrole nitrogens is 1. The lowest BCUT2D eigenvalue weighted by atomic mass is 9.92. The van der Waals surface area contributed by atoms with Crippen molar-refractivity contribution >= 4 is 34.9 Å². The van der Waals surface area contributed by atoms with E-state index in [9.17, 15) is 19.2 Å². The highest BCUT2D eigenvalue weighted by atomic mass is 16.5. The van der Waals surface area contributed by atoms with E-state index in [0.29, 0.717) is 37.2 Å². The van der Waals surface area contributed by atoms with Gasteiger partial charge in [-0.25, -0.2) is 0 Å². The van der Waals surface area contributed by atoms with Crippen molar-refractivity contribution in [2.75, 3.05) is 20.2 Å². The fourth-order valence-corrected chi connectivity index (χ4v) is 6.02. The van der Waals surface area contributed by atoms with Crippen LogP contribution in [0.5, 0.6) is 5.75 Å². The molecule has 0 spiro atoms. The maximum Gasteiger partial charge on any atom is 0.271 e. The number of methoxy groups -OCH3 is 1. The minimum Gasteiger partial charge on any atom is -0.496 e. The Labute approximate surface area is 197 Å². The van der Waals surface area contributed by atoms with Gasteiger partial charge in [-0.1, -0.05) is 12.5 Å². The Morgan fingerprint density at radius 3 is 2.88 bits per heavy atom. The first-order chi connectivity index (χ1) is 16.5. The van der Waals surface area contributed by atoms with Gasteiger partial charge in [-0.05, 0) is 55.7 Å². The van der Waals surface area contributed by atoms with Crippen LogP contribution < -0.4 is 15.4 Å². The molecule has 9 nitrogen and oxygen atoms in total. The number of carbonyl (C=O) groups excluding carboxylic acids is 4. The molecule has 1 unspecified atom stereocenters. The molecule has 1 saturated carbocycles. The number of fused-ring (bicyclic) bond motifs is 2. The molecule has 1 aliphatic carbocycles. The van der Waals surface area contributed by atoms with Crippen LogP contribution in [0.25, 0.3) is 10.9 Å². The summed E-state index contributed by atoms with van der Waals surface area (Å²) in [7, 11) is 1.59. The third-order valence-electron chi connectivity index (χ3n) is 7.69. The highest BCUT2D eigenvalue weighted by Crippen LogP contribution is 2.43. The quantitative estimate of drug-likeness (QED) is 0.536. The second-order valence-corrected chi connectivity index (χ2v) is 9.63. The Hall–Kier alpha value is -3.36. The summed E-state index contributed by atoms with van der Waals surface area (Å²) >= 11 is 0. The van der Waals surface area contributed by atoms with E-state index in [2.05, 4.69) is 15.6 Å². The van der Waals surface area contributed by atoms with Gasteiger partial charge in [0.25, 0.3) is 5.91 Å². The van der Waals surface area contributed by atoms with Gasteiger partial charge in [0.15, 0.2) is 0 Å². The third kappa shape index (κ3) is 3.93. The SMILES string of the molecule is COc1cccc2[nH]c(C(=O)N3C[C@@H]4CCC[C@@H]4[C@H]3C(=O)NC(C=O)C[C@@H]3CCNC3=O)cc12. The molecule has 3 fully saturated rings. The number of ether oxygens (including phenoxy) is 1. The first-order valence-corrected chi connectivity index (χ1v) is 12.0. The molecule has 1 aromatic carbocycles. The van der Waals surface area contributed by atoms with Crippen molar-refractivity contribution in [3.63, 3.8) is 0 Å². The normalized spacial score (nSPS) is 26.9. The van der Waals surface area contributed by atoms with Crippen LogP contribution in [0.4, 0.5) is 0 Å². The molecule has 2 aliphatic heterocycles. The van der Waals surface area contributed by atoms with Crippen molar-refractivity contribution in [3.8, 4) is 5.75 Å². The number of rotatable bonds is 7. The molecule has 3 N–H and O–H groups in total. The average molecular weight is 467 g/mol. The number of hydrogen-bond acceptors (Lipinski definition) is 5. The summed E-state index contributed by atoms with van der Waals surface area (Å²) < 4.78 is 5.41. The molecule has 0 radical (unpaired) electrons. The molecule has 2 aromatic rings. The highest BCUT2D eigenvalue weighted by molar-refractivity contribution is 6.02. The molecule has 180 valence electrons. The van der Waals surface area contributed by atoms with Crippen LogP contribution in [0.15, 0.2) is 24.3 Å². The van der Waals surface area contributed by atoms with E-state index in [1.807, 2.05) is 18.2 Å². The van der Waals surface area contributed by atoms with E-state index in [0.717, 1.165) is 30.2 Å². The number of amides is 3. The summed E-state index contributed by atoms with van der Waals surface area (Å²) in [6, 6.07) is 5.96. The fraction of sp³-hybridized carbons (Fsp3) is 0.520. The number of aldehydes is 1. The van der Waals surface area contributed by atoms with Crippen LogP contribution in [-0.4, -0.2) is 66.2 Å². The average Bonchev–Trinajstić information content (AvgIpc) is 3.61. The van der Waals surface area contributed by atoms with Crippen molar-refractivity contribution in [1.29, 1.82) is 0 Å². The molecule has 9 heteroatoms. The lowest BCUT2D eigenvalue weighted by molar-refractivity contribution is -0.129. The van der Waals surface area contributed by atoms with Crippen LogP contribution in [0, 0.1) is 17.8 Å². The smallest absolute Gasteiger partial charge is 0.271 e. The van der Waals surface area contributed by atoms with Crippen LogP contribution in [0.2, 0.25) is 0 Å². The summed E-state index contributed by atoms with van der Waals surface area (Å²) in [6.45, 7) is 1.11. The van der Waals surface area contributed by atoms with Crippen LogP contribution in [0.3, 0.4) is 0 Å². The van der Waals surface area contributed by atoms with Gasteiger partial charge in [0.05, 0.1) is 13.2 Å². The largest absolute Gasteiger partial charge is 0.496 e. The summed E-state index contributed by atoms with van der Waals surface area (Å²) in [5.41, 5.74) is 1.20. The van der Waals surface area contributed by atoms with E-state index in [-0.39, 0.29) is 41.9 Å². The van der Waals surface area contributed by atoms with Crippen LogP contribution in [-0.2, 0) is 14.4 Å². The van der Waals surface area contributed by atoms with Gasteiger partial charge >= 0.3 is 0 Å². The van der Waals surface area contributed by atoms with Gasteiger partial charge in [0.2, 0.25) is 11.8 Å². The van der Waals surface area contributed by atoms with Gasteiger partial charge in [0.1, 0.15) is 23.8 Å². The number of hydrogen-bond donors (Lipinski definition) is 3. The summed E-state index contributed by atoms with van der Waals surface area (Å²) in [4.78, 5) is 55.5. The summed E-state index contributed by atoms with van der Waals surface area (Å²) in [5.74, 6) is 0.114. The molecule has 3 heterocycles. The molecular formula is C25H30N4O5. The Kier molecular flexibility index (Phi) is 6.02. The second-order valence-electron chi connectivity index (χ2n) is 9.63. The van der Waals surface area contributed by atoms with Crippen molar-refractivity contribution < 1.29 is 23.9 Å². The Morgan fingerprint density at radius 1 is 1.29 bits per heavy atom. The number of aromatic nitrogens is 1. The first-order valence-electron chi connectivity index (χ1n) is 12.0. The predicted octanol–water partition coefficient (Wildman–Crippen LogP) is 1.63. The number of aromatic amines is 1. The zero-order valence-corrected chi connectivity index (χ0v) is 19.2. The summed E-state index contributed by atoms with van der Waals surface area (Å²) in [6.07, 6.45) is 4.52.